The van der Waals surface area contributed by atoms with Gasteiger partial charge in [0.05, 0.1) is 6.20 Å². The van der Waals surface area contributed by atoms with E-state index in [0.29, 0.717) is 0 Å². The molecule has 0 aromatic carbocycles. The molecule has 0 atom stereocenters. The van der Waals surface area contributed by atoms with Crippen LogP contribution >= 0.6 is 0 Å². The van der Waals surface area contributed by atoms with Crippen molar-refractivity contribution in [2.75, 3.05) is 11.9 Å². The fourth-order valence-corrected chi connectivity index (χ4v) is 0.701. The third-order valence-electron chi connectivity index (χ3n) is 1.07. The van der Waals surface area contributed by atoms with Crippen molar-refractivity contribution in [3.05, 3.63) is 12.0 Å². The molecule has 0 aliphatic heterocycles. The molecule has 9 heavy (non-hydrogen) atoms. The summed E-state index contributed by atoms with van der Waals surface area (Å²) < 4.78 is 0. The van der Waals surface area contributed by atoms with E-state index in [1.807, 2.05) is 6.92 Å². The van der Waals surface area contributed by atoms with Gasteiger partial charge in [-0.15, -0.1) is 0 Å². The van der Waals surface area contributed by atoms with Crippen LogP contribution in [0.15, 0.2) is 6.20 Å². The van der Waals surface area contributed by atoms with Crippen molar-refractivity contribution in [2.45, 2.75) is 13.8 Å². The smallest absolute Gasteiger partial charge is 0.123 e. The van der Waals surface area contributed by atoms with Gasteiger partial charge >= 0.3 is 0 Å². The SMILES string of the molecule is CCNc1cnc(C)[nH]1. The molecule has 0 bridgehead atoms. The highest BCUT2D eigenvalue weighted by Gasteiger charge is 1.90. The quantitative estimate of drug-likeness (QED) is 0.622. The fourth-order valence-electron chi connectivity index (χ4n) is 0.701. The number of aromatic nitrogens is 2. The summed E-state index contributed by atoms with van der Waals surface area (Å²) in [5.41, 5.74) is 0. The summed E-state index contributed by atoms with van der Waals surface area (Å²) in [6.45, 7) is 4.92. The molecule has 1 rings (SSSR count). The molecular weight excluding hydrogens is 114 g/mol. The Morgan fingerprint density at radius 2 is 2.56 bits per heavy atom. The molecule has 0 saturated carbocycles. The molecule has 0 aliphatic carbocycles. The monoisotopic (exact) mass is 125 g/mol. The van der Waals surface area contributed by atoms with Gasteiger partial charge < -0.3 is 10.3 Å². The van der Waals surface area contributed by atoms with Crippen LogP contribution in [0.25, 0.3) is 0 Å². The predicted octanol–water partition coefficient (Wildman–Crippen LogP) is 1.15. The number of imidazole rings is 1. The summed E-state index contributed by atoms with van der Waals surface area (Å²) >= 11 is 0. The highest BCUT2D eigenvalue weighted by atomic mass is 15.0. The van der Waals surface area contributed by atoms with Gasteiger partial charge in [-0.2, -0.15) is 0 Å². The van der Waals surface area contributed by atoms with Crippen LogP contribution < -0.4 is 5.32 Å². The molecule has 0 spiro atoms. The van der Waals surface area contributed by atoms with Crippen molar-refractivity contribution < 1.29 is 0 Å². The zero-order valence-corrected chi connectivity index (χ0v) is 5.73. The minimum atomic E-state index is 0.932. The van der Waals surface area contributed by atoms with Crippen molar-refractivity contribution in [1.82, 2.24) is 9.97 Å². The number of nitrogens with one attached hydrogen (secondary N) is 2. The van der Waals surface area contributed by atoms with E-state index >= 15 is 0 Å². The lowest BCUT2D eigenvalue weighted by molar-refractivity contribution is 1.13. The van der Waals surface area contributed by atoms with E-state index < -0.39 is 0 Å². The van der Waals surface area contributed by atoms with E-state index in [9.17, 15) is 0 Å². The van der Waals surface area contributed by atoms with Crippen molar-refractivity contribution >= 4 is 5.82 Å². The number of rotatable bonds is 2. The molecule has 50 valence electrons. The van der Waals surface area contributed by atoms with E-state index in [0.717, 1.165) is 18.2 Å². The maximum atomic E-state index is 4.02. The average molecular weight is 125 g/mol. The zero-order chi connectivity index (χ0) is 6.69. The van der Waals surface area contributed by atoms with Gasteiger partial charge in [0.1, 0.15) is 11.6 Å². The van der Waals surface area contributed by atoms with Gasteiger partial charge in [-0.25, -0.2) is 4.98 Å². The van der Waals surface area contributed by atoms with Crippen LogP contribution in [0.1, 0.15) is 12.7 Å². The summed E-state index contributed by atoms with van der Waals surface area (Å²) in [5.74, 6) is 1.95. The zero-order valence-electron chi connectivity index (χ0n) is 5.73. The second-order valence-electron chi connectivity index (χ2n) is 1.91. The standard InChI is InChI=1S/C6H11N3/c1-3-7-6-4-8-5(2)9-6/h4,7H,3H2,1-2H3,(H,8,9). The normalized spacial score (nSPS) is 9.56. The first-order valence-corrected chi connectivity index (χ1v) is 3.08. The molecule has 0 saturated heterocycles. The molecule has 1 aromatic rings. The van der Waals surface area contributed by atoms with Crippen LogP contribution in [0.2, 0.25) is 0 Å². The van der Waals surface area contributed by atoms with Crippen molar-refractivity contribution in [1.29, 1.82) is 0 Å². The lowest BCUT2D eigenvalue weighted by atomic mass is 10.7. The molecule has 0 amide bonds. The Morgan fingerprint density at radius 1 is 1.78 bits per heavy atom. The number of hydrogen-bond donors (Lipinski definition) is 2. The summed E-state index contributed by atoms with van der Waals surface area (Å²) in [7, 11) is 0. The van der Waals surface area contributed by atoms with Crippen LogP contribution in [-0.4, -0.2) is 16.5 Å². The predicted molar refractivity (Wildman–Crippen MR) is 37.5 cm³/mol. The molecule has 3 heteroatoms. The maximum absolute atomic E-state index is 4.02. The Hall–Kier alpha value is -0.990. The minimum Gasteiger partial charge on any atom is -0.371 e. The molecule has 2 N–H and O–H groups in total. The van der Waals surface area contributed by atoms with E-state index in [-0.39, 0.29) is 0 Å². The van der Waals surface area contributed by atoms with Gasteiger partial charge in [-0.1, -0.05) is 0 Å². The second kappa shape index (κ2) is 2.53. The molecule has 0 aliphatic rings. The Labute approximate surface area is 54.5 Å². The minimum absolute atomic E-state index is 0.932. The molecule has 0 fully saturated rings. The molecule has 0 radical (unpaired) electrons. The van der Waals surface area contributed by atoms with Gasteiger partial charge in [-0.3, -0.25) is 0 Å². The number of nitrogens with zero attached hydrogens (tertiary/aromatic N) is 1. The lowest BCUT2D eigenvalue weighted by Crippen LogP contribution is -1.95. The Morgan fingerprint density at radius 3 is 3.00 bits per heavy atom. The first-order valence-electron chi connectivity index (χ1n) is 3.08. The fraction of sp³-hybridized carbons (Fsp3) is 0.500. The number of hydrogen-bond acceptors (Lipinski definition) is 2. The van der Waals surface area contributed by atoms with Crippen LogP contribution in [0.4, 0.5) is 5.82 Å². The molecule has 0 unspecified atom stereocenters. The Balaban J connectivity index is 2.61. The van der Waals surface area contributed by atoms with Gasteiger partial charge in [0.25, 0.3) is 0 Å². The van der Waals surface area contributed by atoms with Crippen molar-refractivity contribution in [2.24, 2.45) is 0 Å². The van der Waals surface area contributed by atoms with E-state index in [4.69, 9.17) is 0 Å². The van der Waals surface area contributed by atoms with Crippen LogP contribution in [0.5, 0.6) is 0 Å². The third-order valence-corrected chi connectivity index (χ3v) is 1.07. The first kappa shape index (κ1) is 6.13. The Bertz CT molecular complexity index is 180. The topological polar surface area (TPSA) is 40.7 Å². The van der Waals surface area contributed by atoms with Crippen LogP contribution in [0.3, 0.4) is 0 Å². The van der Waals surface area contributed by atoms with Gasteiger partial charge in [0, 0.05) is 6.54 Å². The third kappa shape index (κ3) is 1.45. The van der Waals surface area contributed by atoms with E-state index in [2.05, 4.69) is 22.2 Å². The largest absolute Gasteiger partial charge is 0.371 e. The van der Waals surface area contributed by atoms with E-state index in [1.54, 1.807) is 6.20 Å². The van der Waals surface area contributed by atoms with Gasteiger partial charge in [0.15, 0.2) is 0 Å². The summed E-state index contributed by atoms with van der Waals surface area (Å²) in [6, 6.07) is 0. The van der Waals surface area contributed by atoms with Gasteiger partial charge in [0.2, 0.25) is 0 Å². The first-order chi connectivity index (χ1) is 4.33. The number of H-pyrrole nitrogens is 1. The van der Waals surface area contributed by atoms with Gasteiger partial charge in [-0.05, 0) is 13.8 Å². The summed E-state index contributed by atoms with van der Waals surface area (Å²) in [6.07, 6.45) is 1.79. The highest BCUT2D eigenvalue weighted by molar-refractivity contribution is 5.31. The summed E-state index contributed by atoms with van der Waals surface area (Å²) in [4.78, 5) is 7.07. The van der Waals surface area contributed by atoms with E-state index in [1.165, 1.54) is 0 Å². The molecule has 3 nitrogen and oxygen atoms in total. The summed E-state index contributed by atoms with van der Waals surface area (Å²) in [5, 5.41) is 3.11. The number of aromatic amines is 1. The van der Waals surface area contributed by atoms with Crippen molar-refractivity contribution in [3.8, 4) is 0 Å². The maximum Gasteiger partial charge on any atom is 0.123 e. The van der Waals surface area contributed by atoms with Crippen LogP contribution in [-0.2, 0) is 0 Å². The van der Waals surface area contributed by atoms with Crippen molar-refractivity contribution in [3.63, 3.8) is 0 Å². The molecule has 1 aromatic heterocycles. The highest BCUT2D eigenvalue weighted by Crippen LogP contribution is 1.99. The average Bonchev–Trinajstić information content (AvgIpc) is 2.17. The Kier molecular flexibility index (Phi) is 1.72. The molecule has 1 heterocycles. The lowest BCUT2D eigenvalue weighted by Gasteiger charge is -1.94. The second-order valence-corrected chi connectivity index (χ2v) is 1.91. The number of aryl methyl sites for hydroxylation is 1. The molecular formula is C6H11N3. The van der Waals surface area contributed by atoms with Crippen LogP contribution in [0, 0.1) is 6.92 Å². The number of anilines is 1.